The molecule has 1 aliphatic rings. The molecular formula is C13H19BrClFN2O2S. The monoisotopic (exact) mass is 400 g/mol. The molecule has 2 rings (SSSR count). The first-order valence-electron chi connectivity index (χ1n) is 6.58. The zero-order valence-electron chi connectivity index (χ0n) is 11.6. The van der Waals surface area contributed by atoms with Gasteiger partial charge in [0.2, 0.25) is 10.0 Å². The molecule has 0 spiro atoms. The predicted molar refractivity (Wildman–Crippen MR) is 86.7 cm³/mol. The SMILES string of the molecule is CC(NS(=O)(=O)c1ccc(Br)c(F)c1)C1CCCNC1.Cl. The van der Waals surface area contributed by atoms with E-state index in [0.717, 1.165) is 32.0 Å². The summed E-state index contributed by atoms with van der Waals surface area (Å²) in [6.07, 6.45) is 2.04. The van der Waals surface area contributed by atoms with Gasteiger partial charge in [-0.3, -0.25) is 0 Å². The summed E-state index contributed by atoms with van der Waals surface area (Å²) in [5.41, 5.74) is 0. The summed E-state index contributed by atoms with van der Waals surface area (Å²) < 4.78 is 40.8. The predicted octanol–water partition coefficient (Wildman–Crippen LogP) is 2.68. The number of hydrogen-bond acceptors (Lipinski definition) is 3. The van der Waals surface area contributed by atoms with E-state index in [0.29, 0.717) is 0 Å². The summed E-state index contributed by atoms with van der Waals surface area (Å²) in [5, 5.41) is 3.26. The highest BCUT2D eigenvalue weighted by Gasteiger charge is 2.25. The molecule has 1 heterocycles. The van der Waals surface area contributed by atoms with E-state index in [2.05, 4.69) is 26.0 Å². The summed E-state index contributed by atoms with van der Waals surface area (Å²) in [4.78, 5) is -0.0474. The summed E-state index contributed by atoms with van der Waals surface area (Å²) >= 11 is 3.01. The molecule has 1 fully saturated rings. The lowest BCUT2D eigenvalue weighted by atomic mass is 9.94. The normalized spacial score (nSPS) is 20.6. The molecule has 1 aliphatic heterocycles. The van der Waals surface area contributed by atoms with Crippen LogP contribution in [0.3, 0.4) is 0 Å². The van der Waals surface area contributed by atoms with Crippen molar-refractivity contribution in [2.75, 3.05) is 13.1 Å². The molecule has 21 heavy (non-hydrogen) atoms. The molecule has 0 aliphatic carbocycles. The van der Waals surface area contributed by atoms with Crippen molar-refractivity contribution >= 4 is 38.4 Å². The van der Waals surface area contributed by atoms with E-state index < -0.39 is 15.8 Å². The molecule has 8 heteroatoms. The van der Waals surface area contributed by atoms with Gasteiger partial charge in [-0.05, 0) is 72.9 Å². The molecule has 0 saturated carbocycles. The fourth-order valence-corrected chi connectivity index (χ4v) is 3.93. The van der Waals surface area contributed by atoms with Gasteiger partial charge in [0, 0.05) is 6.04 Å². The van der Waals surface area contributed by atoms with Crippen molar-refractivity contribution in [3.05, 3.63) is 28.5 Å². The zero-order chi connectivity index (χ0) is 14.8. The number of hydrogen-bond donors (Lipinski definition) is 2. The van der Waals surface area contributed by atoms with Crippen LogP contribution in [0.5, 0.6) is 0 Å². The van der Waals surface area contributed by atoms with Crippen LogP contribution in [0, 0.1) is 11.7 Å². The fraction of sp³-hybridized carbons (Fsp3) is 0.538. The van der Waals surface area contributed by atoms with Crippen molar-refractivity contribution in [3.63, 3.8) is 0 Å². The first kappa shape index (κ1) is 18.8. The largest absolute Gasteiger partial charge is 0.316 e. The molecule has 1 saturated heterocycles. The van der Waals surface area contributed by atoms with Crippen molar-refractivity contribution in [2.24, 2.45) is 5.92 Å². The van der Waals surface area contributed by atoms with Crippen molar-refractivity contribution in [2.45, 2.75) is 30.7 Å². The first-order chi connectivity index (χ1) is 9.40. The molecule has 0 bridgehead atoms. The summed E-state index contributed by atoms with van der Waals surface area (Å²) in [6.45, 7) is 3.64. The maximum Gasteiger partial charge on any atom is 0.240 e. The average Bonchev–Trinajstić information content (AvgIpc) is 2.42. The standard InChI is InChI=1S/C13H18BrFN2O2S.ClH/c1-9(10-3-2-6-16-8-10)17-20(18,19)11-4-5-12(14)13(15)7-11;/h4-5,7,9-10,16-17H,2-3,6,8H2,1H3;1H. The van der Waals surface area contributed by atoms with Crippen molar-refractivity contribution in [3.8, 4) is 0 Å². The molecule has 0 aromatic heterocycles. The molecule has 2 N–H and O–H groups in total. The molecular weight excluding hydrogens is 383 g/mol. The third kappa shape index (κ3) is 4.89. The van der Waals surface area contributed by atoms with E-state index in [-0.39, 0.29) is 33.7 Å². The van der Waals surface area contributed by atoms with Crippen molar-refractivity contribution in [1.82, 2.24) is 10.0 Å². The maximum absolute atomic E-state index is 13.5. The van der Waals surface area contributed by atoms with Gasteiger partial charge >= 0.3 is 0 Å². The van der Waals surface area contributed by atoms with E-state index in [1.165, 1.54) is 12.1 Å². The molecule has 1 aromatic carbocycles. The smallest absolute Gasteiger partial charge is 0.240 e. The van der Waals surface area contributed by atoms with Crippen LogP contribution in [0.4, 0.5) is 4.39 Å². The highest BCUT2D eigenvalue weighted by Crippen LogP contribution is 2.21. The second-order valence-electron chi connectivity index (χ2n) is 5.09. The number of rotatable bonds is 4. The second kappa shape index (κ2) is 7.87. The van der Waals surface area contributed by atoms with Gasteiger partial charge in [-0.2, -0.15) is 0 Å². The Labute approximate surface area is 139 Å². The fourth-order valence-electron chi connectivity index (χ4n) is 2.36. The van der Waals surface area contributed by atoms with Crippen molar-refractivity contribution < 1.29 is 12.8 Å². The van der Waals surface area contributed by atoms with Gasteiger partial charge < -0.3 is 5.32 Å². The third-order valence-electron chi connectivity index (χ3n) is 3.58. The molecule has 2 atom stereocenters. The van der Waals surface area contributed by atoms with Crippen LogP contribution in [-0.4, -0.2) is 27.5 Å². The zero-order valence-corrected chi connectivity index (χ0v) is 14.8. The quantitative estimate of drug-likeness (QED) is 0.815. The van der Waals surface area contributed by atoms with Gasteiger partial charge in [0.05, 0.1) is 9.37 Å². The Morgan fingerprint density at radius 1 is 1.48 bits per heavy atom. The average molecular weight is 402 g/mol. The summed E-state index contributed by atoms with van der Waals surface area (Å²) in [7, 11) is -3.69. The third-order valence-corrected chi connectivity index (χ3v) is 5.78. The molecule has 4 nitrogen and oxygen atoms in total. The molecule has 1 aromatic rings. The summed E-state index contributed by atoms with van der Waals surface area (Å²) in [6, 6.07) is 3.63. The van der Waals surface area contributed by atoms with Crippen LogP contribution < -0.4 is 10.0 Å². The molecule has 2 unspecified atom stereocenters. The minimum absolute atomic E-state index is 0. The van der Waals surface area contributed by atoms with Crippen LogP contribution in [0.25, 0.3) is 0 Å². The lowest BCUT2D eigenvalue weighted by Gasteiger charge is -2.28. The lowest BCUT2D eigenvalue weighted by molar-refractivity contribution is 0.320. The van der Waals surface area contributed by atoms with E-state index >= 15 is 0 Å². The van der Waals surface area contributed by atoms with E-state index in [9.17, 15) is 12.8 Å². The van der Waals surface area contributed by atoms with E-state index in [1.807, 2.05) is 6.92 Å². The topological polar surface area (TPSA) is 58.2 Å². The maximum atomic E-state index is 13.5. The Hall–Kier alpha value is -0.210. The molecule has 120 valence electrons. The van der Waals surface area contributed by atoms with Gasteiger partial charge in [0.1, 0.15) is 5.82 Å². The van der Waals surface area contributed by atoms with Gasteiger partial charge in [0.15, 0.2) is 0 Å². The number of halogens is 3. The number of benzene rings is 1. The summed E-state index contributed by atoms with van der Waals surface area (Å²) in [5.74, 6) is -0.321. The number of sulfonamides is 1. The van der Waals surface area contributed by atoms with Gasteiger partial charge in [-0.1, -0.05) is 0 Å². The Morgan fingerprint density at radius 3 is 2.76 bits per heavy atom. The van der Waals surface area contributed by atoms with Crippen molar-refractivity contribution in [1.29, 1.82) is 0 Å². The van der Waals surface area contributed by atoms with Gasteiger partial charge in [-0.25, -0.2) is 17.5 Å². The van der Waals surface area contributed by atoms with Crippen LogP contribution in [-0.2, 0) is 10.0 Å². The van der Waals surface area contributed by atoms with Gasteiger partial charge in [0.25, 0.3) is 0 Å². The van der Waals surface area contributed by atoms with Gasteiger partial charge in [-0.15, -0.1) is 12.4 Å². The Balaban J connectivity index is 0.00000220. The minimum atomic E-state index is -3.69. The highest BCUT2D eigenvalue weighted by atomic mass is 79.9. The minimum Gasteiger partial charge on any atom is -0.316 e. The molecule has 0 radical (unpaired) electrons. The first-order valence-corrected chi connectivity index (χ1v) is 8.86. The molecule has 0 amide bonds. The van der Waals surface area contributed by atoms with Crippen LogP contribution in [0.1, 0.15) is 19.8 Å². The number of nitrogens with one attached hydrogen (secondary N) is 2. The number of piperidine rings is 1. The van der Waals surface area contributed by atoms with Crippen LogP contribution in [0.2, 0.25) is 0 Å². The highest BCUT2D eigenvalue weighted by molar-refractivity contribution is 9.10. The Kier molecular flexibility index (Phi) is 7.06. The van der Waals surface area contributed by atoms with E-state index in [1.54, 1.807) is 0 Å². The van der Waals surface area contributed by atoms with E-state index in [4.69, 9.17) is 0 Å². The van der Waals surface area contributed by atoms with Crippen LogP contribution in [0.15, 0.2) is 27.6 Å². The second-order valence-corrected chi connectivity index (χ2v) is 7.66. The Bertz CT molecular complexity index is 580. The van der Waals surface area contributed by atoms with Crippen LogP contribution >= 0.6 is 28.3 Å². The Morgan fingerprint density at radius 2 is 2.19 bits per heavy atom. The lowest BCUT2D eigenvalue weighted by Crippen LogP contribution is -2.44.